The van der Waals surface area contributed by atoms with Gasteiger partial charge in [0, 0.05) is 36.0 Å². The Balaban J connectivity index is 1.33. The molecule has 1 amide bonds. The van der Waals surface area contributed by atoms with Gasteiger partial charge in [-0.1, -0.05) is 60.7 Å². The van der Waals surface area contributed by atoms with Crippen LogP contribution in [-0.2, 0) is 22.4 Å². The van der Waals surface area contributed by atoms with Crippen molar-refractivity contribution in [2.75, 3.05) is 19.7 Å². The first kappa shape index (κ1) is 25.2. The third kappa shape index (κ3) is 6.09. The molecule has 6 nitrogen and oxygen atoms in total. The Morgan fingerprint density at radius 3 is 2.51 bits per heavy atom. The van der Waals surface area contributed by atoms with Gasteiger partial charge in [-0.15, -0.1) is 0 Å². The predicted octanol–water partition coefficient (Wildman–Crippen LogP) is 4.16. The number of carbonyl (C=O) groups is 2. The molecule has 0 unspecified atom stereocenters. The summed E-state index contributed by atoms with van der Waals surface area (Å²) in [6.45, 7) is 1.55. The van der Waals surface area contributed by atoms with Gasteiger partial charge in [0.15, 0.2) is 5.78 Å². The van der Waals surface area contributed by atoms with Crippen molar-refractivity contribution >= 4 is 33.4 Å². The standard InChI is InChI=1S/C31H35N3O3/c35-20-22(16-26-19-33-28-8-4-3-7-27(26)28)18-30(36)29(34-31(37)24-11-13-32-14-12-24)17-21-9-10-23-5-1-2-6-25(23)15-21/h1-10,15,19,22,24,29,32-33,35H,11-14,16-18,20H2,(H,34,37)/t22-,29+/m0/s1. The second-order valence-electron chi connectivity index (χ2n) is 10.3. The molecule has 0 bridgehead atoms. The number of hydrogen-bond acceptors (Lipinski definition) is 4. The van der Waals surface area contributed by atoms with Crippen molar-refractivity contribution in [3.8, 4) is 0 Å². The van der Waals surface area contributed by atoms with Crippen molar-refractivity contribution in [2.24, 2.45) is 11.8 Å². The number of fused-ring (bicyclic) bond motifs is 2. The highest BCUT2D eigenvalue weighted by Crippen LogP contribution is 2.23. The fraction of sp³-hybridized carbons (Fsp3) is 0.355. The number of aliphatic hydroxyl groups is 1. The molecule has 0 saturated carbocycles. The second kappa shape index (κ2) is 11.7. The average molecular weight is 498 g/mol. The van der Waals surface area contributed by atoms with E-state index in [1.807, 2.05) is 42.6 Å². The van der Waals surface area contributed by atoms with Crippen LogP contribution in [0.4, 0.5) is 0 Å². The zero-order valence-electron chi connectivity index (χ0n) is 21.1. The van der Waals surface area contributed by atoms with E-state index in [4.69, 9.17) is 0 Å². The van der Waals surface area contributed by atoms with Crippen LogP contribution in [0, 0.1) is 11.8 Å². The van der Waals surface area contributed by atoms with E-state index in [0.29, 0.717) is 12.8 Å². The zero-order valence-corrected chi connectivity index (χ0v) is 21.1. The Morgan fingerprint density at radius 1 is 0.946 bits per heavy atom. The number of carbonyl (C=O) groups excluding carboxylic acids is 2. The number of nitrogens with one attached hydrogen (secondary N) is 3. The van der Waals surface area contributed by atoms with Gasteiger partial charge in [0.1, 0.15) is 0 Å². The third-order valence-electron chi connectivity index (χ3n) is 7.60. The summed E-state index contributed by atoms with van der Waals surface area (Å²) in [5.74, 6) is -0.373. The van der Waals surface area contributed by atoms with E-state index < -0.39 is 6.04 Å². The van der Waals surface area contributed by atoms with Crippen LogP contribution in [0.25, 0.3) is 21.7 Å². The maximum Gasteiger partial charge on any atom is 0.223 e. The number of aromatic nitrogens is 1. The summed E-state index contributed by atoms with van der Waals surface area (Å²) in [7, 11) is 0. The van der Waals surface area contributed by atoms with Crippen LogP contribution in [0.2, 0.25) is 0 Å². The molecular weight excluding hydrogens is 462 g/mol. The summed E-state index contributed by atoms with van der Waals surface area (Å²) in [6.07, 6.45) is 4.76. The molecule has 0 radical (unpaired) electrons. The minimum Gasteiger partial charge on any atom is -0.396 e. The van der Waals surface area contributed by atoms with Crippen molar-refractivity contribution in [2.45, 2.75) is 38.1 Å². The molecule has 3 aromatic carbocycles. The number of hydrogen-bond donors (Lipinski definition) is 4. The quantitative estimate of drug-likeness (QED) is 0.265. The smallest absolute Gasteiger partial charge is 0.223 e. The number of Topliss-reactive ketones (excluding diaryl/α,β-unsaturated/α-hetero) is 1. The topological polar surface area (TPSA) is 94.2 Å². The molecule has 2 heterocycles. The van der Waals surface area contributed by atoms with Crippen LogP contribution >= 0.6 is 0 Å². The third-order valence-corrected chi connectivity index (χ3v) is 7.60. The van der Waals surface area contributed by atoms with E-state index in [2.05, 4.69) is 45.9 Å². The number of para-hydroxylation sites is 1. The Bertz CT molecular complexity index is 1370. The number of H-pyrrole nitrogens is 1. The molecule has 0 spiro atoms. The summed E-state index contributed by atoms with van der Waals surface area (Å²) >= 11 is 0. The van der Waals surface area contributed by atoms with Crippen LogP contribution in [0.1, 0.15) is 30.4 Å². The molecule has 1 aliphatic heterocycles. The molecule has 0 aliphatic carbocycles. The molecule has 1 aliphatic rings. The van der Waals surface area contributed by atoms with E-state index in [1.165, 1.54) is 0 Å². The van der Waals surface area contributed by atoms with Crippen molar-refractivity contribution in [1.82, 2.24) is 15.6 Å². The van der Waals surface area contributed by atoms with E-state index in [9.17, 15) is 14.7 Å². The fourth-order valence-electron chi connectivity index (χ4n) is 5.46. The lowest BCUT2D eigenvalue weighted by Crippen LogP contribution is -2.47. The lowest BCUT2D eigenvalue weighted by molar-refractivity contribution is -0.131. The minimum absolute atomic E-state index is 0.0330. The van der Waals surface area contributed by atoms with E-state index in [1.54, 1.807) is 0 Å². The zero-order chi connectivity index (χ0) is 25.6. The number of aromatic amines is 1. The van der Waals surface area contributed by atoms with Gasteiger partial charge < -0.3 is 20.7 Å². The maximum atomic E-state index is 13.6. The molecule has 192 valence electrons. The molecule has 1 fully saturated rings. The van der Waals surface area contributed by atoms with Gasteiger partial charge in [-0.2, -0.15) is 0 Å². The summed E-state index contributed by atoms with van der Waals surface area (Å²) in [5.41, 5.74) is 3.15. The van der Waals surface area contributed by atoms with Gasteiger partial charge in [0.05, 0.1) is 6.04 Å². The Hall–Kier alpha value is -3.48. The average Bonchev–Trinajstić information content (AvgIpc) is 3.35. The molecule has 2 atom stereocenters. The van der Waals surface area contributed by atoms with Crippen LogP contribution < -0.4 is 10.6 Å². The Labute approximate surface area is 217 Å². The number of benzene rings is 3. The Morgan fingerprint density at radius 2 is 1.70 bits per heavy atom. The molecule has 4 N–H and O–H groups in total. The number of amides is 1. The summed E-state index contributed by atoms with van der Waals surface area (Å²) in [4.78, 5) is 30.0. The number of ketones is 1. The number of rotatable bonds is 10. The second-order valence-corrected chi connectivity index (χ2v) is 10.3. The SMILES string of the molecule is O=C(N[C@H](Cc1ccc2ccccc2c1)C(=O)C[C@@H](CO)Cc1c[nH]c2ccccc12)C1CCNCC1. The largest absolute Gasteiger partial charge is 0.396 e. The summed E-state index contributed by atoms with van der Waals surface area (Å²) in [6, 6.07) is 21.8. The maximum absolute atomic E-state index is 13.6. The number of aliphatic hydroxyl groups excluding tert-OH is 1. The van der Waals surface area contributed by atoms with Gasteiger partial charge in [0.25, 0.3) is 0 Å². The first-order valence-electron chi connectivity index (χ1n) is 13.3. The number of piperidine rings is 1. The van der Waals surface area contributed by atoms with Gasteiger partial charge in [-0.3, -0.25) is 9.59 Å². The van der Waals surface area contributed by atoms with Gasteiger partial charge in [0.2, 0.25) is 5.91 Å². The predicted molar refractivity (Wildman–Crippen MR) is 147 cm³/mol. The van der Waals surface area contributed by atoms with Crippen LogP contribution in [0.15, 0.2) is 72.9 Å². The molecular formula is C31H35N3O3. The van der Waals surface area contributed by atoms with Gasteiger partial charge >= 0.3 is 0 Å². The van der Waals surface area contributed by atoms with Crippen LogP contribution in [0.3, 0.4) is 0 Å². The van der Waals surface area contributed by atoms with Gasteiger partial charge in [-0.05, 0) is 72.7 Å². The molecule has 1 aromatic heterocycles. The highest BCUT2D eigenvalue weighted by molar-refractivity contribution is 5.91. The summed E-state index contributed by atoms with van der Waals surface area (Å²) < 4.78 is 0. The van der Waals surface area contributed by atoms with Crippen molar-refractivity contribution in [1.29, 1.82) is 0 Å². The van der Waals surface area contributed by atoms with Crippen molar-refractivity contribution in [3.63, 3.8) is 0 Å². The monoisotopic (exact) mass is 497 g/mol. The van der Waals surface area contributed by atoms with Crippen LogP contribution in [-0.4, -0.2) is 47.5 Å². The molecule has 4 aromatic rings. The Kier molecular flexibility index (Phi) is 7.97. The van der Waals surface area contributed by atoms with E-state index in [0.717, 1.165) is 58.7 Å². The van der Waals surface area contributed by atoms with Crippen LogP contribution in [0.5, 0.6) is 0 Å². The molecule has 37 heavy (non-hydrogen) atoms. The van der Waals surface area contributed by atoms with Crippen molar-refractivity contribution < 1.29 is 14.7 Å². The molecule has 6 heteroatoms. The normalized spacial score (nSPS) is 16.0. The first-order valence-corrected chi connectivity index (χ1v) is 13.3. The van der Waals surface area contributed by atoms with E-state index >= 15 is 0 Å². The molecule has 1 saturated heterocycles. The minimum atomic E-state index is -0.624. The van der Waals surface area contributed by atoms with Crippen molar-refractivity contribution in [3.05, 3.63) is 84.1 Å². The fourth-order valence-corrected chi connectivity index (χ4v) is 5.46. The summed E-state index contributed by atoms with van der Waals surface area (Å²) in [5, 5.41) is 19.9. The molecule has 5 rings (SSSR count). The first-order chi connectivity index (χ1) is 18.1. The van der Waals surface area contributed by atoms with Gasteiger partial charge in [-0.25, -0.2) is 0 Å². The lowest BCUT2D eigenvalue weighted by Gasteiger charge is -2.26. The lowest BCUT2D eigenvalue weighted by atomic mass is 9.89. The van der Waals surface area contributed by atoms with E-state index in [-0.39, 0.29) is 36.6 Å². The highest BCUT2D eigenvalue weighted by Gasteiger charge is 2.28. The highest BCUT2D eigenvalue weighted by atomic mass is 16.3.